The topological polar surface area (TPSA) is 165 Å². The Balaban J connectivity index is 0. The average Bonchev–Trinajstić information content (AvgIpc) is 3.13. The Kier molecular flexibility index (Phi) is 9.14. The van der Waals surface area contributed by atoms with Gasteiger partial charge in [0.2, 0.25) is 11.7 Å². The number of nitrogens with zero attached hydrogens (tertiary/aromatic N) is 1. The molecule has 1 aromatic carbocycles. The summed E-state index contributed by atoms with van der Waals surface area (Å²) in [5, 5.41) is 21.5. The van der Waals surface area contributed by atoms with E-state index in [0.717, 1.165) is 18.4 Å². The molecule has 2 amide bonds. The normalized spacial score (nSPS) is 18.6. The molecule has 1 aromatic heterocycles. The fourth-order valence-corrected chi connectivity index (χ4v) is 2.40. The molecule has 3 rings (SSSR count). The van der Waals surface area contributed by atoms with E-state index in [1.54, 1.807) is 6.07 Å². The van der Waals surface area contributed by atoms with E-state index in [-0.39, 0.29) is 20.6 Å². The van der Waals surface area contributed by atoms with Gasteiger partial charge in [0.15, 0.2) is 0 Å². The first-order valence-corrected chi connectivity index (χ1v) is 8.43. The van der Waals surface area contributed by atoms with Gasteiger partial charge < -0.3 is 25.9 Å². The number of nitrogens with one attached hydrogen (secondary N) is 1. The number of carbonyl (C=O) groups is 2. The Morgan fingerprint density at radius 2 is 1.85 bits per heavy atom. The smallest absolute Gasteiger partial charge is 0.290 e. The van der Waals surface area contributed by atoms with Crippen molar-refractivity contribution in [3.05, 3.63) is 42.2 Å². The lowest BCUT2D eigenvalue weighted by Crippen LogP contribution is -2.43. The van der Waals surface area contributed by atoms with Crippen LogP contribution in [-0.2, 0) is 4.79 Å². The summed E-state index contributed by atoms with van der Waals surface area (Å²) in [7, 11) is 0. The zero-order valence-electron chi connectivity index (χ0n) is 15.3. The quantitative estimate of drug-likeness (QED) is 0.500. The van der Waals surface area contributed by atoms with Gasteiger partial charge in [-0.3, -0.25) is 9.59 Å². The number of amides is 2. The number of aliphatic hydroxyl groups is 1. The maximum Gasteiger partial charge on any atom is 0.290 e. The molecule has 1 heterocycles. The molecule has 1 aliphatic rings. The number of aliphatic hydroxyl groups excluding tert-OH is 1. The van der Waals surface area contributed by atoms with Crippen LogP contribution in [0.2, 0.25) is 0 Å². The molecule has 152 valence electrons. The molecule has 0 bridgehead atoms. The van der Waals surface area contributed by atoms with Gasteiger partial charge in [0.05, 0.1) is 0 Å². The Hall–Kier alpha value is -2.75. The lowest BCUT2D eigenvalue weighted by atomic mass is 9.82. The molecule has 1 saturated carbocycles. The van der Waals surface area contributed by atoms with E-state index < -0.39 is 12.0 Å². The van der Waals surface area contributed by atoms with Crippen LogP contribution in [0, 0.1) is 5.92 Å². The van der Waals surface area contributed by atoms with Crippen LogP contribution in [0.3, 0.4) is 0 Å². The number of benzene rings is 1. The minimum Gasteiger partial charge on any atom is -0.384 e. The van der Waals surface area contributed by atoms with Crippen molar-refractivity contribution in [1.82, 2.24) is 10.5 Å². The van der Waals surface area contributed by atoms with Gasteiger partial charge in [-0.2, -0.15) is 0 Å². The summed E-state index contributed by atoms with van der Waals surface area (Å²) in [6, 6.07) is 11.6. The number of nitrogens with two attached hydrogens (primary N) is 2. The minimum absolute atomic E-state index is 0. The Morgan fingerprint density at radius 3 is 2.33 bits per heavy atom. The second-order valence-corrected chi connectivity index (χ2v) is 6.27. The van der Waals surface area contributed by atoms with Gasteiger partial charge >= 0.3 is 0 Å². The van der Waals surface area contributed by atoms with Crippen LogP contribution in [0.25, 0.3) is 11.3 Å². The summed E-state index contributed by atoms with van der Waals surface area (Å²) in [6.07, 6.45) is 1.08. The van der Waals surface area contributed by atoms with Crippen LogP contribution < -0.4 is 16.9 Å². The van der Waals surface area contributed by atoms with Crippen molar-refractivity contribution in [1.29, 1.82) is 0 Å². The molecule has 1 aliphatic carbocycles. The summed E-state index contributed by atoms with van der Waals surface area (Å²) in [5.74, 6) is 3.62. The fourth-order valence-electron chi connectivity index (χ4n) is 2.40. The zero-order chi connectivity index (χ0) is 20.4. The van der Waals surface area contributed by atoms with Crippen molar-refractivity contribution in [3.63, 3.8) is 0 Å². The first-order chi connectivity index (χ1) is 12.9. The van der Waals surface area contributed by atoms with Crippen LogP contribution in [0.5, 0.6) is 0 Å². The highest BCUT2D eigenvalue weighted by atomic mass is 16.5. The van der Waals surface area contributed by atoms with E-state index in [9.17, 15) is 9.59 Å². The summed E-state index contributed by atoms with van der Waals surface area (Å²) in [4.78, 5) is 21.6. The minimum atomic E-state index is -1.01. The first-order valence-electron chi connectivity index (χ1n) is 8.43. The van der Waals surface area contributed by atoms with E-state index in [1.807, 2.05) is 30.3 Å². The third-order valence-electron chi connectivity index (χ3n) is 3.92. The summed E-state index contributed by atoms with van der Waals surface area (Å²) >= 11 is 0. The SMILES string of the molecule is CC1CC(NC(=O)c2cc(-c3ccccc3)no2)C1.C[C@@H](O)C(N)=O.NO.[HH].[HH]. The van der Waals surface area contributed by atoms with Gasteiger partial charge in [-0.25, -0.2) is 5.90 Å². The molecule has 0 saturated heterocycles. The van der Waals surface area contributed by atoms with Crippen molar-refractivity contribution in [2.75, 3.05) is 0 Å². The second kappa shape index (κ2) is 11.1. The molecule has 27 heavy (non-hydrogen) atoms. The third-order valence-corrected chi connectivity index (χ3v) is 3.92. The number of aromatic nitrogens is 1. The highest BCUT2D eigenvalue weighted by Gasteiger charge is 2.28. The molecule has 0 aliphatic heterocycles. The lowest BCUT2D eigenvalue weighted by Gasteiger charge is -2.32. The van der Waals surface area contributed by atoms with Gasteiger partial charge in [0, 0.05) is 20.5 Å². The highest BCUT2D eigenvalue weighted by molar-refractivity contribution is 5.92. The summed E-state index contributed by atoms with van der Waals surface area (Å²) < 4.78 is 5.12. The largest absolute Gasteiger partial charge is 0.384 e. The van der Waals surface area contributed by atoms with Crippen molar-refractivity contribution in [2.24, 2.45) is 17.5 Å². The van der Waals surface area contributed by atoms with E-state index in [4.69, 9.17) is 14.8 Å². The van der Waals surface area contributed by atoms with Crippen molar-refractivity contribution in [3.8, 4) is 11.3 Å². The van der Waals surface area contributed by atoms with Gasteiger partial charge in [-0.05, 0) is 25.7 Å². The van der Waals surface area contributed by atoms with Crippen molar-refractivity contribution in [2.45, 2.75) is 38.8 Å². The Bertz CT molecular complexity index is 722. The predicted molar refractivity (Wildman–Crippen MR) is 103 cm³/mol. The summed E-state index contributed by atoms with van der Waals surface area (Å²) in [5.41, 5.74) is 6.18. The molecule has 2 aromatic rings. The van der Waals surface area contributed by atoms with Crippen molar-refractivity contribution >= 4 is 11.8 Å². The number of carbonyl (C=O) groups excluding carboxylic acids is 2. The zero-order valence-corrected chi connectivity index (χ0v) is 15.3. The molecule has 1 fully saturated rings. The maximum absolute atomic E-state index is 12.0. The van der Waals surface area contributed by atoms with E-state index >= 15 is 0 Å². The molecular formula is C18H30N4O5. The Morgan fingerprint density at radius 1 is 1.30 bits per heavy atom. The van der Waals surface area contributed by atoms with Gasteiger partial charge in [0.1, 0.15) is 11.8 Å². The molecule has 0 radical (unpaired) electrons. The average molecular weight is 382 g/mol. The lowest BCUT2D eigenvalue weighted by molar-refractivity contribution is -0.125. The monoisotopic (exact) mass is 382 g/mol. The molecule has 0 spiro atoms. The van der Waals surface area contributed by atoms with E-state index in [0.29, 0.717) is 11.6 Å². The van der Waals surface area contributed by atoms with Gasteiger partial charge in [-0.15, -0.1) is 0 Å². The number of primary amides is 1. The van der Waals surface area contributed by atoms with Crippen LogP contribution in [-0.4, -0.2) is 39.4 Å². The molecule has 1 atom stereocenters. The molecular weight excluding hydrogens is 352 g/mol. The standard InChI is InChI=1S/C15H16N2O2.C3H7NO2.H3NO.2H2/c1-10-7-12(8-10)16-15(18)14-9-13(17-19-14)11-5-3-2-4-6-11;1-2(5)3(4)6;1-2;;/h2-6,9-10,12H,7-8H2,1H3,(H,16,18);2,5H,1H3,(H2,4,6);2H,1H2;2*1H/t;2-;;;/m.1.../s1. The van der Waals surface area contributed by atoms with Gasteiger partial charge in [-0.1, -0.05) is 42.4 Å². The fraction of sp³-hybridized carbons (Fsp3) is 0.389. The first kappa shape index (κ1) is 22.3. The van der Waals surface area contributed by atoms with E-state index in [1.165, 1.54) is 6.92 Å². The molecule has 9 nitrogen and oxygen atoms in total. The van der Waals surface area contributed by atoms with Crippen LogP contribution in [0.4, 0.5) is 0 Å². The van der Waals surface area contributed by atoms with Gasteiger partial charge in [0.25, 0.3) is 5.91 Å². The molecule has 7 N–H and O–H groups in total. The van der Waals surface area contributed by atoms with Crippen LogP contribution >= 0.6 is 0 Å². The van der Waals surface area contributed by atoms with Crippen LogP contribution in [0.1, 0.15) is 40.1 Å². The van der Waals surface area contributed by atoms with Crippen molar-refractivity contribution < 1.29 is 27.3 Å². The molecule has 9 heteroatoms. The Labute approximate surface area is 160 Å². The second-order valence-electron chi connectivity index (χ2n) is 6.27. The van der Waals surface area contributed by atoms with Crippen LogP contribution in [0.15, 0.2) is 40.9 Å². The number of hydrogen-bond donors (Lipinski definition) is 5. The third kappa shape index (κ3) is 7.18. The maximum atomic E-state index is 12.0. The predicted octanol–water partition coefficient (Wildman–Crippen LogP) is 1.55. The molecule has 0 unspecified atom stereocenters. The summed E-state index contributed by atoms with van der Waals surface area (Å²) in [6.45, 7) is 3.51. The highest BCUT2D eigenvalue weighted by Crippen LogP contribution is 2.26. The van der Waals surface area contributed by atoms with E-state index in [2.05, 4.69) is 29.0 Å². The number of rotatable bonds is 4. The number of hydrogen-bond acceptors (Lipinski definition) is 7.